The van der Waals surface area contributed by atoms with Gasteiger partial charge in [0.15, 0.2) is 0 Å². The van der Waals surface area contributed by atoms with E-state index < -0.39 is 6.04 Å². The van der Waals surface area contributed by atoms with Crippen molar-refractivity contribution in [1.82, 2.24) is 20.2 Å². The van der Waals surface area contributed by atoms with Crippen LogP contribution in [0.15, 0.2) is 78.9 Å². The zero-order valence-electron chi connectivity index (χ0n) is 18.5. The summed E-state index contributed by atoms with van der Waals surface area (Å²) in [4.78, 5) is 30.4. The van der Waals surface area contributed by atoms with Crippen molar-refractivity contribution in [3.8, 4) is 0 Å². The van der Waals surface area contributed by atoms with Gasteiger partial charge in [-0.05, 0) is 43.7 Å². The topological polar surface area (TPSA) is 76.0 Å². The molecule has 2 amide bonds. The summed E-state index contributed by atoms with van der Waals surface area (Å²) in [6.45, 7) is 3.88. The van der Waals surface area contributed by atoms with E-state index in [0.29, 0.717) is 16.4 Å². The van der Waals surface area contributed by atoms with Gasteiger partial charge in [-0.15, -0.1) is 0 Å². The number of hydrogen-bond donors (Lipinski definition) is 2. The minimum Gasteiger partial charge on any atom is -0.348 e. The molecule has 33 heavy (non-hydrogen) atoms. The van der Waals surface area contributed by atoms with Gasteiger partial charge in [0.1, 0.15) is 12.4 Å². The van der Waals surface area contributed by atoms with Crippen LogP contribution in [-0.2, 0) is 11.3 Å². The van der Waals surface area contributed by atoms with Crippen molar-refractivity contribution in [2.24, 2.45) is 0 Å². The number of benzene rings is 3. The number of halogens is 1. The van der Waals surface area contributed by atoms with Crippen LogP contribution in [0.4, 0.5) is 0 Å². The quantitative estimate of drug-likeness (QED) is 0.405. The number of rotatable bonds is 7. The SMILES string of the molecule is CC(NC(=O)Cn1c(C(C)NC(=O)c2ccccc2Cl)nc2ccccc21)c1ccccc1. The molecule has 0 fully saturated rings. The van der Waals surface area contributed by atoms with Gasteiger partial charge < -0.3 is 15.2 Å². The molecule has 2 atom stereocenters. The Hall–Kier alpha value is -3.64. The van der Waals surface area contributed by atoms with Crippen molar-refractivity contribution < 1.29 is 9.59 Å². The minimum atomic E-state index is -0.444. The molecule has 7 heteroatoms. The number of carbonyl (C=O) groups excluding carboxylic acids is 2. The molecule has 4 aromatic rings. The van der Waals surface area contributed by atoms with Gasteiger partial charge >= 0.3 is 0 Å². The Labute approximate surface area is 197 Å². The number of para-hydroxylation sites is 2. The van der Waals surface area contributed by atoms with Gasteiger partial charge in [0.25, 0.3) is 5.91 Å². The molecular weight excluding hydrogens is 436 g/mol. The maximum Gasteiger partial charge on any atom is 0.253 e. The number of nitrogens with one attached hydrogen (secondary N) is 2. The Kier molecular flexibility index (Phi) is 6.75. The van der Waals surface area contributed by atoms with Gasteiger partial charge in [-0.1, -0.05) is 66.2 Å². The highest BCUT2D eigenvalue weighted by atomic mass is 35.5. The van der Waals surface area contributed by atoms with Crippen LogP contribution in [0.1, 0.15) is 47.7 Å². The van der Waals surface area contributed by atoms with Crippen LogP contribution < -0.4 is 10.6 Å². The third kappa shape index (κ3) is 5.07. The fourth-order valence-corrected chi connectivity index (χ4v) is 4.05. The molecule has 0 saturated heterocycles. The van der Waals surface area contributed by atoms with Gasteiger partial charge in [-0.2, -0.15) is 0 Å². The first-order chi connectivity index (χ1) is 15.9. The largest absolute Gasteiger partial charge is 0.348 e. The average Bonchev–Trinajstić information content (AvgIpc) is 3.18. The molecule has 6 nitrogen and oxygen atoms in total. The first-order valence-electron chi connectivity index (χ1n) is 10.8. The third-order valence-corrected chi connectivity index (χ3v) is 5.85. The third-order valence-electron chi connectivity index (χ3n) is 5.52. The van der Waals surface area contributed by atoms with Crippen LogP contribution in [0.3, 0.4) is 0 Å². The van der Waals surface area contributed by atoms with E-state index in [1.165, 1.54) is 0 Å². The molecule has 2 N–H and O–H groups in total. The first-order valence-corrected chi connectivity index (χ1v) is 11.2. The number of hydrogen-bond acceptors (Lipinski definition) is 3. The van der Waals surface area contributed by atoms with E-state index in [1.54, 1.807) is 24.3 Å². The molecule has 2 unspecified atom stereocenters. The monoisotopic (exact) mass is 460 g/mol. The van der Waals surface area contributed by atoms with Gasteiger partial charge in [0.05, 0.1) is 33.7 Å². The normalized spacial score (nSPS) is 12.8. The second-order valence-electron chi connectivity index (χ2n) is 7.92. The summed E-state index contributed by atoms with van der Waals surface area (Å²) in [6, 6.07) is 23.7. The van der Waals surface area contributed by atoms with Gasteiger partial charge in [0.2, 0.25) is 5.91 Å². The van der Waals surface area contributed by atoms with Crippen molar-refractivity contribution in [3.63, 3.8) is 0 Å². The molecule has 0 spiro atoms. The lowest BCUT2D eigenvalue weighted by molar-refractivity contribution is -0.122. The first kappa shape index (κ1) is 22.6. The van der Waals surface area contributed by atoms with Crippen molar-refractivity contribution in [1.29, 1.82) is 0 Å². The van der Waals surface area contributed by atoms with E-state index in [1.807, 2.05) is 73.0 Å². The summed E-state index contributed by atoms with van der Waals surface area (Å²) >= 11 is 6.18. The molecule has 0 saturated carbocycles. The van der Waals surface area contributed by atoms with Crippen LogP contribution >= 0.6 is 11.6 Å². The summed E-state index contributed by atoms with van der Waals surface area (Å²) in [6.07, 6.45) is 0. The molecule has 1 heterocycles. The van der Waals surface area contributed by atoms with Crippen LogP contribution in [-0.4, -0.2) is 21.4 Å². The Morgan fingerprint density at radius 3 is 2.30 bits per heavy atom. The summed E-state index contributed by atoms with van der Waals surface area (Å²) in [5, 5.41) is 6.38. The predicted octanol–water partition coefficient (Wildman–Crippen LogP) is 5.06. The van der Waals surface area contributed by atoms with Gasteiger partial charge in [-0.3, -0.25) is 9.59 Å². The smallest absolute Gasteiger partial charge is 0.253 e. The molecule has 0 aliphatic heterocycles. The van der Waals surface area contributed by atoms with Crippen LogP contribution in [0, 0.1) is 0 Å². The van der Waals surface area contributed by atoms with Crippen molar-refractivity contribution >= 4 is 34.4 Å². The molecule has 0 bridgehead atoms. The highest BCUT2D eigenvalue weighted by Crippen LogP contribution is 2.22. The second-order valence-corrected chi connectivity index (χ2v) is 8.33. The number of imidazole rings is 1. The fraction of sp³-hybridized carbons (Fsp3) is 0.192. The molecule has 168 valence electrons. The average molecular weight is 461 g/mol. The number of aromatic nitrogens is 2. The maximum absolute atomic E-state index is 12.9. The fourth-order valence-electron chi connectivity index (χ4n) is 3.83. The summed E-state index contributed by atoms with van der Waals surface area (Å²) in [5.74, 6) is 0.161. The molecule has 1 aromatic heterocycles. The van der Waals surface area contributed by atoms with Crippen LogP contribution in [0.5, 0.6) is 0 Å². The lowest BCUT2D eigenvalue weighted by Gasteiger charge is -2.18. The Morgan fingerprint density at radius 1 is 0.879 bits per heavy atom. The Morgan fingerprint density at radius 2 is 1.55 bits per heavy atom. The van der Waals surface area contributed by atoms with E-state index in [4.69, 9.17) is 16.6 Å². The molecule has 3 aromatic carbocycles. The van der Waals surface area contributed by atoms with Crippen molar-refractivity contribution in [2.45, 2.75) is 32.5 Å². The van der Waals surface area contributed by atoms with E-state index in [0.717, 1.165) is 16.6 Å². The second kappa shape index (κ2) is 9.88. The lowest BCUT2D eigenvalue weighted by atomic mass is 10.1. The maximum atomic E-state index is 12.9. The van der Waals surface area contributed by atoms with Crippen LogP contribution in [0.2, 0.25) is 5.02 Å². The van der Waals surface area contributed by atoms with E-state index in [2.05, 4.69) is 10.6 Å². The lowest BCUT2D eigenvalue weighted by Crippen LogP contribution is -2.33. The molecular formula is C26H25ClN4O2. The van der Waals surface area contributed by atoms with E-state index >= 15 is 0 Å². The zero-order chi connectivity index (χ0) is 23.4. The van der Waals surface area contributed by atoms with Crippen molar-refractivity contribution in [2.75, 3.05) is 0 Å². The zero-order valence-corrected chi connectivity index (χ0v) is 19.2. The molecule has 0 radical (unpaired) electrons. The number of fused-ring (bicyclic) bond motifs is 1. The summed E-state index contributed by atoms with van der Waals surface area (Å²) in [7, 11) is 0. The van der Waals surface area contributed by atoms with Gasteiger partial charge in [-0.25, -0.2) is 4.98 Å². The molecule has 4 rings (SSSR count). The van der Waals surface area contributed by atoms with Crippen LogP contribution in [0.25, 0.3) is 11.0 Å². The Bertz CT molecular complexity index is 1290. The molecule has 0 aliphatic carbocycles. The highest BCUT2D eigenvalue weighted by molar-refractivity contribution is 6.33. The summed E-state index contributed by atoms with van der Waals surface area (Å²) < 4.78 is 1.85. The predicted molar refractivity (Wildman–Crippen MR) is 130 cm³/mol. The number of carbonyl (C=O) groups is 2. The van der Waals surface area contributed by atoms with E-state index in [-0.39, 0.29) is 24.4 Å². The standard InChI is InChI=1S/C26H25ClN4O2/c1-17(19-10-4-3-5-11-19)28-24(32)16-31-23-15-9-8-14-22(23)30-25(31)18(2)29-26(33)20-12-6-7-13-21(20)27/h3-15,17-18H,16H2,1-2H3,(H,28,32)(H,29,33). The van der Waals surface area contributed by atoms with Gasteiger partial charge in [0, 0.05) is 0 Å². The number of nitrogens with zero attached hydrogens (tertiary/aromatic N) is 2. The highest BCUT2D eigenvalue weighted by Gasteiger charge is 2.22. The molecule has 0 aliphatic rings. The Balaban J connectivity index is 1.57. The number of amides is 2. The minimum absolute atomic E-state index is 0.0827. The van der Waals surface area contributed by atoms with E-state index in [9.17, 15) is 9.59 Å². The van der Waals surface area contributed by atoms with Crippen molar-refractivity contribution in [3.05, 3.63) is 101 Å². The summed E-state index contributed by atoms with van der Waals surface area (Å²) in [5.41, 5.74) is 3.01.